The Morgan fingerprint density at radius 2 is 1.97 bits per heavy atom. The number of amides is 2. The van der Waals surface area contributed by atoms with Crippen molar-refractivity contribution in [1.29, 1.82) is 0 Å². The largest absolute Gasteiger partial charge is 0.349 e. The van der Waals surface area contributed by atoms with Gasteiger partial charge in [-0.3, -0.25) is 0 Å². The van der Waals surface area contributed by atoms with Crippen LogP contribution >= 0.6 is 0 Å². The number of nitrogens with zero attached hydrogens (tertiary/aromatic N) is 4. The summed E-state index contributed by atoms with van der Waals surface area (Å²) in [6, 6.07) is 4.25. The van der Waals surface area contributed by atoms with Crippen molar-refractivity contribution in [3.63, 3.8) is 0 Å². The van der Waals surface area contributed by atoms with Crippen LogP contribution in [0.3, 0.4) is 0 Å². The van der Waals surface area contributed by atoms with Crippen LogP contribution in [0.1, 0.15) is 37.3 Å². The van der Waals surface area contributed by atoms with E-state index in [9.17, 15) is 18.0 Å². The summed E-state index contributed by atoms with van der Waals surface area (Å²) in [5, 5.41) is 8.96. The van der Waals surface area contributed by atoms with Crippen molar-refractivity contribution in [2.45, 2.75) is 37.8 Å². The zero-order valence-electron chi connectivity index (χ0n) is 15.9. The Labute approximate surface area is 169 Å². The molecule has 0 bridgehead atoms. The fourth-order valence-corrected chi connectivity index (χ4v) is 3.86. The monoisotopic (exact) mass is 416 g/mol. The van der Waals surface area contributed by atoms with E-state index in [0.717, 1.165) is 31.4 Å². The minimum absolute atomic E-state index is 0.116. The van der Waals surface area contributed by atoms with E-state index in [0.29, 0.717) is 18.8 Å². The fourth-order valence-electron chi connectivity index (χ4n) is 3.86. The number of hydrogen-bond acceptors (Lipinski definition) is 4. The van der Waals surface area contributed by atoms with Gasteiger partial charge in [0.05, 0.1) is 6.04 Å². The first kappa shape index (κ1) is 18.7. The van der Waals surface area contributed by atoms with Crippen LogP contribution in [0.5, 0.6) is 0 Å². The van der Waals surface area contributed by atoms with E-state index in [-0.39, 0.29) is 22.9 Å². The summed E-state index contributed by atoms with van der Waals surface area (Å²) in [5.41, 5.74) is 0.278. The molecule has 1 aromatic carbocycles. The first-order valence-corrected chi connectivity index (χ1v) is 9.83. The molecule has 1 unspecified atom stereocenters. The Kier molecular flexibility index (Phi) is 4.48. The number of hydrogen-bond donors (Lipinski definition) is 2. The number of urea groups is 1. The quantitative estimate of drug-likeness (QED) is 0.679. The molecule has 0 spiro atoms. The van der Waals surface area contributed by atoms with Gasteiger partial charge in [-0.25, -0.2) is 23.1 Å². The van der Waals surface area contributed by atoms with Crippen LogP contribution < -0.4 is 15.5 Å². The lowest BCUT2D eigenvalue weighted by Gasteiger charge is -2.26. The average Bonchev–Trinajstić information content (AvgIpc) is 3.30. The zero-order valence-corrected chi connectivity index (χ0v) is 15.9. The Bertz CT molecular complexity index is 1130. The number of carbonyl (C=O) groups is 1. The van der Waals surface area contributed by atoms with Crippen molar-refractivity contribution >= 4 is 23.2 Å². The van der Waals surface area contributed by atoms with Gasteiger partial charge in [0, 0.05) is 24.3 Å². The Morgan fingerprint density at radius 3 is 2.77 bits per heavy atom. The zero-order chi connectivity index (χ0) is 20.8. The normalized spacial score (nSPS) is 18.8. The van der Waals surface area contributed by atoms with Gasteiger partial charge < -0.3 is 15.5 Å². The molecule has 2 fully saturated rings. The van der Waals surface area contributed by atoms with Gasteiger partial charge in [-0.05, 0) is 49.9 Å². The third kappa shape index (κ3) is 3.42. The third-order valence-electron chi connectivity index (χ3n) is 5.44. The van der Waals surface area contributed by atoms with E-state index in [4.69, 9.17) is 0 Å². The molecule has 1 saturated heterocycles. The van der Waals surface area contributed by atoms with Crippen LogP contribution in [0.15, 0.2) is 30.5 Å². The standard InChI is InChI=1S/C20H19F3N6O/c21-11-3-6-14(22)13(10-11)15-2-1-8-28(15)16-7-9-29-19(25-16)17(18(23)27-29)26-20(30)24-12-4-5-12/h3,6-7,9-10,12,15H,1-2,4-5,8H2,(H2,24,26,30). The molecule has 0 radical (unpaired) electrons. The van der Waals surface area contributed by atoms with E-state index in [1.807, 2.05) is 4.90 Å². The highest BCUT2D eigenvalue weighted by Gasteiger charge is 2.30. The second kappa shape index (κ2) is 7.19. The summed E-state index contributed by atoms with van der Waals surface area (Å²) >= 11 is 0. The number of nitrogens with one attached hydrogen (secondary N) is 2. The number of halogens is 3. The first-order chi connectivity index (χ1) is 14.5. The molecule has 30 heavy (non-hydrogen) atoms. The van der Waals surface area contributed by atoms with Crippen molar-refractivity contribution < 1.29 is 18.0 Å². The molecule has 10 heteroatoms. The van der Waals surface area contributed by atoms with Gasteiger partial charge in [0.25, 0.3) is 5.95 Å². The molecular formula is C20H19F3N6O. The highest BCUT2D eigenvalue weighted by molar-refractivity contribution is 5.93. The molecule has 2 N–H and O–H groups in total. The molecule has 5 rings (SSSR count). The second-order valence-electron chi connectivity index (χ2n) is 7.61. The topological polar surface area (TPSA) is 74.6 Å². The molecule has 156 valence electrons. The van der Waals surface area contributed by atoms with Gasteiger partial charge in [-0.1, -0.05) is 0 Å². The fraction of sp³-hybridized carbons (Fsp3) is 0.350. The Hall–Kier alpha value is -3.30. The van der Waals surface area contributed by atoms with E-state index < -0.39 is 29.7 Å². The Balaban J connectivity index is 1.48. The lowest BCUT2D eigenvalue weighted by Crippen LogP contribution is -2.30. The summed E-state index contributed by atoms with van der Waals surface area (Å²) in [7, 11) is 0. The molecular weight excluding hydrogens is 397 g/mol. The minimum Gasteiger partial charge on any atom is -0.349 e. The summed E-state index contributed by atoms with van der Waals surface area (Å²) in [6.45, 7) is 0.589. The average molecular weight is 416 g/mol. The van der Waals surface area contributed by atoms with Gasteiger partial charge >= 0.3 is 6.03 Å². The molecule has 3 heterocycles. The van der Waals surface area contributed by atoms with Gasteiger partial charge in [-0.2, -0.15) is 4.39 Å². The van der Waals surface area contributed by atoms with Crippen molar-refractivity contribution in [3.05, 3.63) is 53.6 Å². The van der Waals surface area contributed by atoms with Crippen molar-refractivity contribution in [3.8, 4) is 0 Å². The summed E-state index contributed by atoms with van der Waals surface area (Å²) in [5.74, 6) is -1.37. The molecule has 2 aromatic heterocycles. The molecule has 7 nitrogen and oxygen atoms in total. The molecule has 2 amide bonds. The molecule has 1 aliphatic heterocycles. The number of benzene rings is 1. The highest BCUT2D eigenvalue weighted by Crippen LogP contribution is 2.37. The molecule has 2 aliphatic rings. The lowest BCUT2D eigenvalue weighted by atomic mass is 10.0. The van der Waals surface area contributed by atoms with Crippen molar-refractivity contribution in [1.82, 2.24) is 19.9 Å². The van der Waals surface area contributed by atoms with Crippen LogP contribution in [0.2, 0.25) is 0 Å². The third-order valence-corrected chi connectivity index (χ3v) is 5.44. The minimum atomic E-state index is -0.847. The van der Waals surface area contributed by atoms with Gasteiger partial charge in [-0.15, -0.1) is 5.10 Å². The van der Waals surface area contributed by atoms with Crippen LogP contribution in [-0.4, -0.2) is 33.2 Å². The number of rotatable bonds is 4. The summed E-state index contributed by atoms with van der Waals surface area (Å²) in [6.07, 6.45) is 4.74. The molecule has 1 atom stereocenters. The maximum absolute atomic E-state index is 14.4. The lowest BCUT2D eigenvalue weighted by molar-refractivity contribution is 0.251. The molecule has 1 aliphatic carbocycles. The van der Waals surface area contributed by atoms with E-state index in [1.165, 1.54) is 16.8 Å². The van der Waals surface area contributed by atoms with E-state index >= 15 is 0 Å². The van der Waals surface area contributed by atoms with Crippen LogP contribution in [0, 0.1) is 17.6 Å². The van der Waals surface area contributed by atoms with Crippen LogP contribution in [0.25, 0.3) is 5.65 Å². The van der Waals surface area contributed by atoms with Gasteiger partial charge in [0.2, 0.25) is 0 Å². The van der Waals surface area contributed by atoms with Crippen molar-refractivity contribution in [2.24, 2.45) is 0 Å². The second-order valence-corrected chi connectivity index (χ2v) is 7.61. The van der Waals surface area contributed by atoms with Gasteiger partial charge in [0.1, 0.15) is 23.1 Å². The van der Waals surface area contributed by atoms with Crippen molar-refractivity contribution in [2.75, 3.05) is 16.8 Å². The number of anilines is 2. The number of aromatic nitrogens is 3. The molecule has 3 aromatic rings. The summed E-state index contributed by atoms with van der Waals surface area (Å²) in [4.78, 5) is 18.4. The maximum atomic E-state index is 14.4. The predicted octanol–water partition coefficient (Wildman–Crippen LogP) is 3.77. The predicted molar refractivity (Wildman–Crippen MR) is 104 cm³/mol. The number of fused-ring (bicyclic) bond motifs is 1. The van der Waals surface area contributed by atoms with E-state index in [1.54, 1.807) is 6.07 Å². The number of carbonyl (C=O) groups excluding carboxylic acids is 1. The molecule has 1 saturated carbocycles. The Morgan fingerprint density at radius 1 is 1.13 bits per heavy atom. The van der Waals surface area contributed by atoms with Crippen LogP contribution in [0.4, 0.5) is 29.5 Å². The SMILES string of the molecule is O=C(Nc1c(F)nn2ccc(N3CCCC3c3cc(F)ccc3F)nc12)NC1CC1. The first-order valence-electron chi connectivity index (χ1n) is 9.83. The highest BCUT2D eigenvalue weighted by atomic mass is 19.1. The van der Waals surface area contributed by atoms with E-state index in [2.05, 4.69) is 20.7 Å². The smallest absolute Gasteiger partial charge is 0.319 e. The summed E-state index contributed by atoms with van der Waals surface area (Å²) < 4.78 is 43.6. The maximum Gasteiger partial charge on any atom is 0.319 e. The van der Waals surface area contributed by atoms with Gasteiger partial charge in [0.15, 0.2) is 5.65 Å². The van der Waals surface area contributed by atoms with Crippen LogP contribution in [-0.2, 0) is 0 Å².